The van der Waals surface area contributed by atoms with Gasteiger partial charge in [-0.1, -0.05) is 17.7 Å². The monoisotopic (exact) mass is 375 g/mol. The molecular weight excluding hydrogens is 368 g/mol. The van der Waals surface area contributed by atoms with Crippen molar-refractivity contribution in [2.45, 2.75) is 0 Å². The van der Waals surface area contributed by atoms with E-state index in [1.165, 1.54) is 18.2 Å². The lowest BCUT2D eigenvalue weighted by Crippen LogP contribution is -2.13. The van der Waals surface area contributed by atoms with Crippen LogP contribution in [-0.4, -0.2) is 5.91 Å². The van der Waals surface area contributed by atoms with Crippen LogP contribution >= 0.6 is 34.2 Å². The second-order valence-corrected chi connectivity index (χ2v) is 5.27. The second kappa shape index (κ2) is 5.67. The van der Waals surface area contributed by atoms with Crippen molar-refractivity contribution >= 4 is 45.8 Å². The van der Waals surface area contributed by atoms with E-state index in [1.54, 1.807) is 12.1 Å². The molecular formula is C13H8ClFINO. The molecule has 2 nitrogen and oxygen atoms in total. The Bertz CT molecular complexity index is 603. The molecule has 18 heavy (non-hydrogen) atoms. The second-order valence-electron chi connectivity index (χ2n) is 3.59. The predicted molar refractivity (Wildman–Crippen MR) is 78.5 cm³/mol. The van der Waals surface area contributed by atoms with Gasteiger partial charge in [-0.3, -0.25) is 4.79 Å². The van der Waals surface area contributed by atoms with Gasteiger partial charge in [0.05, 0.1) is 5.56 Å². The maximum Gasteiger partial charge on any atom is 0.258 e. The van der Waals surface area contributed by atoms with E-state index in [9.17, 15) is 9.18 Å². The topological polar surface area (TPSA) is 29.1 Å². The fraction of sp³-hybridized carbons (Fsp3) is 0. The molecule has 92 valence electrons. The Morgan fingerprint density at radius 3 is 2.72 bits per heavy atom. The van der Waals surface area contributed by atoms with Crippen molar-refractivity contribution in [3.63, 3.8) is 0 Å². The summed E-state index contributed by atoms with van der Waals surface area (Å²) in [5.74, 6) is -1.11. The highest BCUT2D eigenvalue weighted by Crippen LogP contribution is 2.18. The van der Waals surface area contributed by atoms with Gasteiger partial charge in [0.25, 0.3) is 5.91 Å². The summed E-state index contributed by atoms with van der Waals surface area (Å²) >= 11 is 7.87. The lowest BCUT2D eigenvalue weighted by molar-refractivity contribution is 0.102. The molecule has 5 heteroatoms. The minimum atomic E-state index is -0.595. The number of nitrogens with one attached hydrogen (secondary N) is 1. The number of anilines is 1. The molecule has 0 saturated heterocycles. The Morgan fingerprint density at radius 1 is 1.22 bits per heavy atom. The van der Waals surface area contributed by atoms with E-state index < -0.39 is 11.7 Å². The van der Waals surface area contributed by atoms with E-state index in [0.29, 0.717) is 10.7 Å². The van der Waals surface area contributed by atoms with Crippen molar-refractivity contribution in [1.29, 1.82) is 0 Å². The van der Waals surface area contributed by atoms with Crippen molar-refractivity contribution in [3.8, 4) is 0 Å². The van der Waals surface area contributed by atoms with Gasteiger partial charge in [-0.05, 0) is 59.0 Å². The third kappa shape index (κ3) is 3.20. The molecule has 1 amide bonds. The van der Waals surface area contributed by atoms with Gasteiger partial charge < -0.3 is 5.32 Å². The van der Waals surface area contributed by atoms with Crippen LogP contribution in [0.2, 0.25) is 5.02 Å². The van der Waals surface area contributed by atoms with Gasteiger partial charge in [0.2, 0.25) is 0 Å². The van der Waals surface area contributed by atoms with Crippen molar-refractivity contribution in [3.05, 3.63) is 62.4 Å². The summed E-state index contributed by atoms with van der Waals surface area (Å²) in [4.78, 5) is 11.9. The van der Waals surface area contributed by atoms with Crippen LogP contribution in [0.5, 0.6) is 0 Å². The van der Waals surface area contributed by atoms with E-state index in [4.69, 9.17) is 11.6 Å². The van der Waals surface area contributed by atoms with Gasteiger partial charge >= 0.3 is 0 Å². The Hall–Kier alpha value is -1.14. The average molecular weight is 376 g/mol. The van der Waals surface area contributed by atoms with Gasteiger partial charge in [-0.15, -0.1) is 0 Å². The normalized spacial score (nSPS) is 10.2. The van der Waals surface area contributed by atoms with Crippen molar-refractivity contribution < 1.29 is 9.18 Å². The largest absolute Gasteiger partial charge is 0.322 e. The van der Waals surface area contributed by atoms with Crippen LogP contribution in [0.15, 0.2) is 42.5 Å². The standard InChI is InChI=1S/C13H8ClFINO/c14-8-4-5-12(15)11(6-8)13(18)17-10-3-1-2-9(16)7-10/h1-7H,(H,17,18). The highest BCUT2D eigenvalue weighted by Gasteiger charge is 2.12. The van der Waals surface area contributed by atoms with Crippen LogP contribution < -0.4 is 5.32 Å². The lowest BCUT2D eigenvalue weighted by Gasteiger charge is -2.06. The third-order valence-electron chi connectivity index (χ3n) is 2.26. The maximum absolute atomic E-state index is 13.5. The Kier molecular flexibility index (Phi) is 4.19. The first kappa shape index (κ1) is 13.3. The van der Waals surface area contributed by atoms with Crippen molar-refractivity contribution in [2.75, 3.05) is 5.32 Å². The summed E-state index contributed by atoms with van der Waals surface area (Å²) < 4.78 is 14.5. The van der Waals surface area contributed by atoms with Crippen LogP contribution in [0.1, 0.15) is 10.4 Å². The number of rotatable bonds is 2. The SMILES string of the molecule is O=C(Nc1cccc(I)c1)c1cc(Cl)ccc1F. The number of hydrogen-bond donors (Lipinski definition) is 1. The molecule has 0 saturated carbocycles. The fourth-order valence-corrected chi connectivity index (χ4v) is 2.15. The average Bonchev–Trinajstić information content (AvgIpc) is 2.32. The predicted octanol–water partition coefficient (Wildman–Crippen LogP) is 4.34. The summed E-state index contributed by atoms with van der Waals surface area (Å²) in [5, 5.41) is 2.95. The first-order valence-corrected chi connectivity index (χ1v) is 6.54. The first-order valence-electron chi connectivity index (χ1n) is 5.08. The van der Waals surface area contributed by atoms with Crippen LogP contribution in [0.25, 0.3) is 0 Å². The molecule has 0 aliphatic heterocycles. The first-order chi connectivity index (χ1) is 8.56. The maximum atomic E-state index is 13.5. The molecule has 0 aromatic heterocycles. The highest BCUT2D eigenvalue weighted by molar-refractivity contribution is 14.1. The van der Waals surface area contributed by atoms with E-state index in [2.05, 4.69) is 27.9 Å². The summed E-state index contributed by atoms with van der Waals surface area (Å²) in [6.07, 6.45) is 0. The van der Waals surface area contributed by atoms with Crippen LogP contribution in [0.3, 0.4) is 0 Å². The molecule has 2 aromatic rings. The van der Waals surface area contributed by atoms with Crippen LogP contribution in [0.4, 0.5) is 10.1 Å². The number of halogens is 3. The lowest BCUT2D eigenvalue weighted by atomic mass is 10.2. The molecule has 2 rings (SSSR count). The molecule has 0 aliphatic rings. The quantitative estimate of drug-likeness (QED) is 0.778. The summed E-state index contributed by atoms with van der Waals surface area (Å²) in [6.45, 7) is 0. The number of hydrogen-bond acceptors (Lipinski definition) is 1. The summed E-state index contributed by atoms with van der Waals surface area (Å²) in [6, 6.07) is 11.1. The molecule has 0 fully saturated rings. The van der Waals surface area contributed by atoms with Gasteiger partial charge in [0.15, 0.2) is 0 Å². The zero-order valence-corrected chi connectivity index (χ0v) is 12.0. The van der Waals surface area contributed by atoms with E-state index >= 15 is 0 Å². The molecule has 1 N–H and O–H groups in total. The van der Waals surface area contributed by atoms with Gasteiger partial charge in [-0.2, -0.15) is 0 Å². The van der Waals surface area contributed by atoms with Crippen molar-refractivity contribution in [2.24, 2.45) is 0 Å². The van der Waals surface area contributed by atoms with Gasteiger partial charge in [0, 0.05) is 14.3 Å². The van der Waals surface area contributed by atoms with Crippen molar-refractivity contribution in [1.82, 2.24) is 0 Å². The Morgan fingerprint density at radius 2 is 2.00 bits per heavy atom. The molecule has 0 unspecified atom stereocenters. The number of benzene rings is 2. The summed E-state index contributed by atoms with van der Waals surface area (Å²) in [7, 11) is 0. The molecule has 2 aromatic carbocycles. The molecule has 0 atom stereocenters. The molecule has 0 heterocycles. The third-order valence-corrected chi connectivity index (χ3v) is 3.16. The van der Waals surface area contributed by atoms with E-state index in [1.807, 2.05) is 12.1 Å². The molecule has 0 radical (unpaired) electrons. The van der Waals surface area contributed by atoms with Gasteiger partial charge in [-0.25, -0.2) is 4.39 Å². The minimum Gasteiger partial charge on any atom is -0.322 e. The number of carbonyl (C=O) groups excluding carboxylic acids is 1. The molecule has 0 bridgehead atoms. The Balaban J connectivity index is 2.24. The van der Waals surface area contributed by atoms with E-state index in [-0.39, 0.29) is 5.56 Å². The smallest absolute Gasteiger partial charge is 0.258 e. The minimum absolute atomic E-state index is 0.0682. The van der Waals surface area contributed by atoms with Gasteiger partial charge in [0.1, 0.15) is 5.82 Å². The van der Waals surface area contributed by atoms with Crippen LogP contribution in [0, 0.1) is 9.39 Å². The number of amides is 1. The number of carbonyl (C=O) groups is 1. The molecule has 0 spiro atoms. The fourth-order valence-electron chi connectivity index (χ4n) is 1.44. The zero-order valence-electron chi connectivity index (χ0n) is 9.08. The highest BCUT2D eigenvalue weighted by atomic mass is 127. The Labute approximate surface area is 122 Å². The van der Waals surface area contributed by atoms with Crippen LogP contribution in [-0.2, 0) is 0 Å². The summed E-state index contributed by atoms with van der Waals surface area (Å²) in [5.41, 5.74) is 0.549. The zero-order chi connectivity index (χ0) is 13.1. The molecule has 0 aliphatic carbocycles. The van der Waals surface area contributed by atoms with E-state index in [0.717, 1.165) is 3.57 Å².